The highest BCUT2D eigenvalue weighted by Gasteiger charge is 2.44. The van der Waals surface area contributed by atoms with Crippen molar-refractivity contribution in [1.82, 2.24) is 4.98 Å². The maximum absolute atomic E-state index is 12.9. The predicted molar refractivity (Wildman–Crippen MR) is 116 cm³/mol. The van der Waals surface area contributed by atoms with E-state index < -0.39 is 5.79 Å². The van der Waals surface area contributed by atoms with Gasteiger partial charge in [-0.05, 0) is 56.2 Å². The molecule has 1 amide bonds. The number of hydrogen-bond acceptors (Lipinski definition) is 6. The molecule has 6 nitrogen and oxygen atoms in total. The van der Waals surface area contributed by atoms with E-state index in [0.717, 1.165) is 47.8 Å². The second-order valence-electron chi connectivity index (χ2n) is 7.60. The monoisotopic (exact) mass is 422 g/mol. The summed E-state index contributed by atoms with van der Waals surface area (Å²) < 4.78 is 17.3. The Morgan fingerprint density at radius 1 is 1.10 bits per heavy atom. The lowest BCUT2D eigenvalue weighted by molar-refractivity contribution is -0.0716. The Morgan fingerprint density at radius 3 is 2.57 bits per heavy atom. The molecule has 1 spiro atoms. The number of carbonyl (C=O) groups is 1. The van der Waals surface area contributed by atoms with Crippen LogP contribution in [-0.2, 0) is 0 Å². The summed E-state index contributed by atoms with van der Waals surface area (Å²) in [7, 11) is 1.63. The molecule has 0 unspecified atom stereocenters. The molecule has 0 atom stereocenters. The molecule has 1 aliphatic heterocycles. The molecule has 2 aromatic carbocycles. The third-order valence-electron chi connectivity index (χ3n) is 5.50. The van der Waals surface area contributed by atoms with Gasteiger partial charge in [-0.1, -0.05) is 0 Å². The quantitative estimate of drug-likeness (QED) is 0.608. The number of anilines is 1. The number of nitrogens with one attached hydrogen (secondary N) is 1. The molecule has 1 aliphatic carbocycles. The fourth-order valence-corrected chi connectivity index (χ4v) is 4.91. The zero-order chi connectivity index (χ0) is 20.7. The van der Waals surface area contributed by atoms with Gasteiger partial charge in [-0.25, -0.2) is 4.98 Å². The molecule has 0 radical (unpaired) electrons. The largest absolute Gasteiger partial charge is 0.497 e. The number of ether oxygens (including phenoxy) is 3. The van der Waals surface area contributed by atoms with Crippen LogP contribution in [0.2, 0.25) is 0 Å². The van der Waals surface area contributed by atoms with E-state index in [-0.39, 0.29) is 5.91 Å². The van der Waals surface area contributed by atoms with Gasteiger partial charge in [0.25, 0.3) is 11.7 Å². The molecule has 1 N–H and O–H groups in total. The van der Waals surface area contributed by atoms with Crippen LogP contribution in [0, 0.1) is 6.92 Å². The minimum atomic E-state index is -0.507. The summed E-state index contributed by atoms with van der Waals surface area (Å²) in [6.07, 6.45) is 4.02. The molecular weight excluding hydrogens is 400 g/mol. The third kappa shape index (κ3) is 3.39. The molecule has 7 heteroatoms. The van der Waals surface area contributed by atoms with Crippen molar-refractivity contribution < 1.29 is 19.0 Å². The Kier molecular flexibility index (Phi) is 4.62. The number of amides is 1. The third-order valence-corrected chi connectivity index (χ3v) is 6.70. The van der Waals surface area contributed by atoms with Crippen LogP contribution in [-0.4, -0.2) is 23.8 Å². The van der Waals surface area contributed by atoms with E-state index in [0.29, 0.717) is 22.0 Å². The van der Waals surface area contributed by atoms with Crippen molar-refractivity contribution in [2.75, 3.05) is 12.4 Å². The van der Waals surface area contributed by atoms with E-state index in [9.17, 15) is 4.79 Å². The molecule has 5 rings (SSSR count). The number of nitrogens with zero attached hydrogens (tertiary/aromatic N) is 1. The first-order valence-electron chi connectivity index (χ1n) is 10.0. The Balaban J connectivity index is 1.33. The standard InChI is InChI=1S/C23H22N2O4S/c1-14-20(30-22(24-14)15-5-8-17(27-2)9-6-15)21(26)25-16-7-10-18-19(13-16)29-23(28-18)11-3-4-12-23/h5-10,13H,3-4,11-12H2,1-2H3,(H,25,26). The summed E-state index contributed by atoms with van der Waals surface area (Å²) in [6.45, 7) is 1.85. The average Bonchev–Trinajstić information content (AvgIpc) is 3.46. The smallest absolute Gasteiger partial charge is 0.267 e. The van der Waals surface area contributed by atoms with Crippen molar-refractivity contribution in [3.8, 4) is 27.8 Å². The normalized spacial score (nSPS) is 16.1. The van der Waals surface area contributed by atoms with Gasteiger partial charge in [-0.2, -0.15) is 0 Å². The molecular formula is C23H22N2O4S. The first-order valence-corrected chi connectivity index (χ1v) is 10.8. The van der Waals surface area contributed by atoms with Gasteiger partial charge < -0.3 is 19.5 Å². The summed E-state index contributed by atoms with van der Waals surface area (Å²) in [4.78, 5) is 18.1. The highest BCUT2D eigenvalue weighted by atomic mass is 32.1. The molecule has 0 bridgehead atoms. The van der Waals surface area contributed by atoms with Crippen LogP contribution in [0.25, 0.3) is 10.6 Å². The number of aromatic nitrogens is 1. The minimum Gasteiger partial charge on any atom is -0.497 e. The molecule has 0 saturated heterocycles. The van der Waals surface area contributed by atoms with Gasteiger partial charge in [0.2, 0.25) is 0 Å². The van der Waals surface area contributed by atoms with Crippen LogP contribution in [0.5, 0.6) is 17.2 Å². The summed E-state index contributed by atoms with van der Waals surface area (Å²) >= 11 is 1.37. The van der Waals surface area contributed by atoms with Crippen LogP contribution in [0.4, 0.5) is 5.69 Å². The number of benzene rings is 2. The van der Waals surface area contributed by atoms with Crippen molar-refractivity contribution >= 4 is 22.9 Å². The summed E-state index contributed by atoms with van der Waals surface area (Å²) in [5.74, 6) is 1.53. The van der Waals surface area contributed by atoms with Gasteiger partial charge in [0.15, 0.2) is 11.5 Å². The van der Waals surface area contributed by atoms with Crippen molar-refractivity contribution in [2.24, 2.45) is 0 Å². The molecule has 2 aliphatic rings. The van der Waals surface area contributed by atoms with E-state index in [4.69, 9.17) is 14.2 Å². The molecule has 3 aromatic rings. The maximum atomic E-state index is 12.9. The molecule has 2 heterocycles. The van der Waals surface area contributed by atoms with Crippen LogP contribution < -0.4 is 19.5 Å². The van der Waals surface area contributed by atoms with Crippen molar-refractivity contribution in [3.05, 3.63) is 53.0 Å². The first-order chi connectivity index (χ1) is 14.5. The topological polar surface area (TPSA) is 69.7 Å². The van der Waals surface area contributed by atoms with Crippen molar-refractivity contribution in [1.29, 1.82) is 0 Å². The van der Waals surface area contributed by atoms with Crippen molar-refractivity contribution in [3.63, 3.8) is 0 Å². The molecule has 154 valence electrons. The Bertz CT molecular complexity index is 1100. The van der Waals surface area contributed by atoms with E-state index >= 15 is 0 Å². The predicted octanol–water partition coefficient (Wildman–Crippen LogP) is 5.42. The average molecular weight is 423 g/mol. The lowest BCUT2D eigenvalue weighted by Gasteiger charge is -2.21. The number of methoxy groups -OCH3 is 1. The van der Waals surface area contributed by atoms with Gasteiger partial charge in [-0.15, -0.1) is 11.3 Å². The first kappa shape index (κ1) is 18.9. The fourth-order valence-electron chi connectivity index (χ4n) is 3.94. The highest BCUT2D eigenvalue weighted by Crippen LogP contribution is 2.47. The zero-order valence-electron chi connectivity index (χ0n) is 16.9. The lowest BCUT2D eigenvalue weighted by Crippen LogP contribution is -2.34. The fraction of sp³-hybridized carbons (Fsp3) is 0.304. The Labute approximate surface area is 178 Å². The highest BCUT2D eigenvalue weighted by molar-refractivity contribution is 7.17. The van der Waals surface area contributed by atoms with E-state index in [1.807, 2.05) is 49.4 Å². The van der Waals surface area contributed by atoms with Crippen LogP contribution in [0.15, 0.2) is 42.5 Å². The van der Waals surface area contributed by atoms with Crippen LogP contribution in [0.1, 0.15) is 41.0 Å². The summed E-state index contributed by atoms with van der Waals surface area (Å²) in [5, 5.41) is 3.77. The number of rotatable bonds is 4. The summed E-state index contributed by atoms with van der Waals surface area (Å²) in [6, 6.07) is 13.2. The molecule has 30 heavy (non-hydrogen) atoms. The van der Waals surface area contributed by atoms with Gasteiger partial charge in [0.05, 0.1) is 12.8 Å². The minimum absolute atomic E-state index is 0.181. The van der Waals surface area contributed by atoms with Crippen LogP contribution in [0.3, 0.4) is 0 Å². The Morgan fingerprint density at radius 2 is 1.83 bits per heavy atom. The lowest BCUT2D eigenvalue weighted by atomic mass is 10.2. The second-order valence-corrected chi connectivity index (χ2v) is 8.60. The van der Waals surface area contributed by atoms with Crippen molar-refractivity contribution in [2.45, 2.75) is 38.4 Å². The van der Waals surface area contributed by atoms with E-state index in [1.54, 1.807) is 7.11 Å². The SMILES string of the molecule is COc1ccc(-c2nc(C)c(C(=O)Nc3ccc4c(c3)OC3(CCCC3)O4)s2)cc1. The van der Waals surface area contributed by atoms with Gasteiger partial charge in [0, 0.05) is 30.2 Å². The van der Waals surface area contributed by atoms with Gasteiger partial charge >= 0.3 is 0 Å². The Hall–Kier alpha value is -3.06. The molecule has 1 saturated carbocycles. The van der Waals surface area contributed by atoms with E-state index in [1.165, 1.54) is 11.3 Å². The van der Waals surface area contributed by atoms with Gasteiger partial charge in [-0.3, -0.25) is 4.79 Å². The number of hydrogen-bond donors (Lipinski definition) is 1. The van der Waals surface area contributed by atoms with Crippen LogP contribution >= 0.6 is 11.3 Å². The van der Waals surface area contributed by atoms with Gasteiger partial charge in [0.1, 0.15) is 15.6 Å². The summed E-state index contributed by atoms with van der Waals surface area (Å²) in [5.41, 5.74) is 2.33. The number of fused-ring (bicyclic) bond motifs is 1. The molecule has 1 aromatic heterocycles. The number of carbonyl (C=O) groups excluding carboxylic acids is 1. The van der Waals surface area contributed by atoms with E-state index in [2.05, 4.69) is 10.3 Å². The number of thiazole rings is 1. The number of aryl methyl sites for hydroxylation is 1. The second kappa shape index (κ2) is 7.32. The zero-order valence-corrected chi connectivity index (χ0v) is 17.7. The maximum Gasteiger partial charge on any atom is 0.267 e. The molecule has 1 fully saturated rings.